The lowest BCUT2D eigenvalue weighted by atomic mass is 9.45. The largest absolute Gasteiger partial charge is 0.457 e. The summed E-state index contributed by atoms with van der Waals surface area (Å²) in [6.07, 6.45) is 10.1. The molecule has 3 saturated carbocycles. The molecule has 0 amide bonds. The molecule has 1 N–H and O–H groups in total. The number of aliphatic hydroxyl groups is 1. The van der Waals surface area contributed by atoms with E-state index in [1.807, 2.05) is 17.8 Å². The monoisotopic (exact) mass is 708 g/mol. The molecule has 1 aromatic carbocycles. The van der Waals surface area contributed by atoms with Gasteiger partial charge in [-0.2, -0.15) is 10.1 Å². The Hall–Kier alpha value is -4.55. The number of furan rings is 1. The molecule has 0 bridgehead atoms. The highest BCUT2D eigenvalue weighted by Gasteiger charge is 2.70. The van der Waals surface area contributed by atoms with Gasteiger partial charge in [0.25, 0.3) is 5.22 Å². The van der Waals surface area contributed by atoms with Crippen LogP contribution in [0, 0.1) is 34.4 Å². The lowest BCUT2D eigenvalue weighted by Crippen LogP contribution is -2.63. The second-order valence-electron chi connectivity index (χ2n) is 15.0. The number of aromatic nitrogens is 4. The van der Waals surface area contributed by atoms with Crippen molar-refractivity contribution in [3.05, 3.63) is 95.6 Å². The minimum Gasteiger partial charge on any atom is -0.457 e. The van der Waals surface area contributed by atoms with Crippen molar-refractivity contribution in [1.82, 2.24) is 19.7 Å². The zero-order valence-corrected chi connectivity index (χ0v) is 29.1. The maximum Gasteiger partial charge on any atom is 0.375 e. The molecule has 6 unspecified atom stereocenters. The summed E-state index contributed by atoms with van der Waals surface area (Å²) in [5.41, 5.74) is 2.48. The van der Waals surface area contributed by atoms with E-state index in [1.165, 1.54) is 30.0 Å². The fourth-order valence-electron chi connectivity index (χ4n) is 10.3. The van der Waals surface area contributed by atoms with Gasteiger partial charge in [-0.25, -0.2) is 18.9 Å². The summed E-state index contributed by atoms with van der Waals surface area (Å²) in [4.78, 5) is 36.9. The molecule has 0 aliphatic heterocycles. The van der Waals surface area contributed by atoms with Crippen LogP contribution in [0.4, 0.5) is 4.39 Å². The van der Waals surface area contributed by atoms with Crippen molar-refractivity contribution in [3.8, 4) is 5.69 Å². The molecule has 3 fully saturated rings. The number of oxazole rings is 1. The smallest absolute Gasteiger partial charge is 0.375 e. The third-order valence-electron chi connectivity index (χ3n) is 12.5. The molecule has 5 aromatic rings. The van der Waals surface area contributed by atoms with Gasteiger partial charge >= 0.3 is 5.97 Å². The first-order chi connectivity index (χ1) is 24.6. The normalized spacial score (nSPS) is 30.9. The number of benzene rings is 1. The fourth-order valence-corrected chi connectivity index (χ4v) is 11.1. The minimum atomic E-state index is -1.49. The Morgan fingerprint density at radius 3 is 2.76 bits per heavy atom. The average Bonchev–Trinajstić information content (AvgIpc) is 3.92. The van der Waals surface area contributed by atoms with E-state index in [4.69, 9.17) is 13.6 Å². The third-order valence-corrected chi connectivity index (χ3v) is 13.4. The predicted molar refractivity (Wildman–Crippen MR) is 185 cm³/mol. The zero-order valence-electron chi connectivity index (χ0n) is 28.3. The van der Waals surface area contributed by atoms with Crippen molar-refractivity contribution in [2.45, 2.75) is 69.3 Å². The molecule has 7 atom stereocenters. The zero-order chi connectivity index (χ0) is 35.1. The van der Waals surface area contributed by atoms with Crippen LogP contribution in [-0.4, -0.2) is 54.1 Å². The van der Waals surface area contributed by atoms with E-state index >= 15 is 0 Å². The first-order valence-corrected chi connectivity index (χ1v) is 18.4. The summed E-state index contributed by atoms with van der Waals surface area (Å²) < 4.78 is 33.2. The third kappa shape index (κ3) is 4.89. The van der Waals surface area contributed by atoms with Crippen molar-refractivity contribution in [1.29, 1.82) is 0 Å². The number of carbonyl (C=O) groups excluding carboxylic acids is 2. The number of pyridine rings is 1. The van der Waals surface area contributed by atoms with Gasteiger partial charge in [-0.3, -0.25) is 4.79 Å². The number of fused-ring (bicyclic) bond motifs is 7. The van der Waals surface area contributed by atoms with Crippen molar-refractivity contribution >= 4 is 40.8 Å². The van der Waals surface area contributed by atoms with E-state index in [9.17, 15) is 19.1 Å². The molecule has 4 aliphatic rings. The number of hydrogen-bond donors (Lipinski definition) is 1. The van der Waals surface area contributed by atoms with Crippen LogP contribution in [0.2, 0.25) is 0 Å². The van der Waals surface area contributed by atoms with Crippen LogP contribution >= 0.6 is 11.8 Å². The van der Waals surface area contributed by atoms with Crippen LogP contribution in [0.15, 0.2) is 86.8 Å². The Morgan fingerprint density at radius 1 is 1.14 bits per heavy atom. The van der Waals surface area contributed by atoms with Crippen LogP contribution in [-0.2, 0) is 16.0 Å². The Balaban J connectivity index is 1.03. The van der Waals surface area contributed by atoms with Gasteiger partial charge in [0.15, 0.2) is 22.6 Å². The molecule has 10 nitrogen and oxygen atoms in total. The Kier molecular flexibility index (Phi) is 7.45. The van der Waals surface area contributed by atoms with Gasteiger partial charge in [0.1, 0.15) is 5.82 Å². The van der Waals surface area contributed by atoms with Gasteiger partial charge in [0.05, 0.1) is 35.7 Å². The summed E-state index contributed by atoms with van der Waals surface area (Å²) in [6, 6.07) is 13.0. The first-order valence-electron chi connectivity index (χ1n) is 17.5. The van der Waals surface area contributed by atoms with Crippen LogP contribution in [0.1, 0.15) is 67.8 Å². The molecule has 0 saturated heterocycles. The van der Waals surface area contributed by atoms with Crippen LogP contribution in [0.5, 0.6) is 0 Å². The standard InChI is InChI=1S/C39H37FN4O6S/c1-37-18-22-20-42-44(25-10-8-24(40)9-11-25)28(22)17-23(37)7-12-26-27-13-14-39(38(27,2)19-29(45)33(26)37,50-35(47)31-6-4-16-48-31)32(46)21-51-36-43-34-30(49-36)5-3-15-41-34/h3-6,8-11,15-17,20,26-27,29,33,45H,7,12-14,18-19,21H2,1-2H3/t26?,27?,29-,33?,37?,38?,39?/m0/s1. The van der Waals surface area contributed by atoms with Crippen molar-refractivity contribution in [2.24, 2.45) is 28.6 Å². The van der Waals surface area contributed by atoms with E-state index in [-0.39, 0.29) is 46.3 Å². The molecule has 4 aliphatic carbocycles. The van der Waals surface area contributed by atoms with Gasteiger partial charge in [-0.05, 0) is 122 Å². The Bertz CT molecular complexity index is 2160. The first kappa shape index (κ1) is 32.4. The quantitative estimate of drug-likeness (QED) is 0.136. The molecule has 51 heavy (non-hydrogen) atoms. The van der Waals surface area contributed by atoms with Crippen LogP contribution in [0.3, 0.4) is 0 Å². The van der Waals surface area contributed by atoms with Crippen LogP contribution in [0.25, 0.3) is 23.0 Å². The molecule has 0 radical (unpaired) electrons. The van der Waals surface area contributed by atoms with Gasteiger partial charge in [-0.1, -0.05) is 31.2 Å². The summed E-state index contributed by atoms with van der Waals surface area (Å²) in [5, 5.41) is 17.3. The number of aliphatic hydroxyl groups excluding tert-OH is 1. The van der Waals surface area contributed by atoms with Gasteiger partial charge in [0, 0.05) is 11.6 Å². The number of nitrogens with zero attached hydrogens (tertiary/aromatic N) is 4. The molecule has 262 valence electrons. The van der Waals surface area contributed by atoms with Gasteiger partial charge in [0.2, 0.25) is 5.76 Å². The molecular weight excluding hydrogens is 672 g/mol. The molecule has 4 heterocycles. The van der Waals surface area contributed by atoms with Gasteiger partial charge < -0.3 is 18.7 Å². The van der Waals surface area contributed by atoms with Gasteiger partial charge in [-0.15, -0.1) is 0 Å². The maximum absolute atomic E-state index is 14.6. The predicted octanol–water partition coefficient (Wildman–Crippen LogP) is 7.25. The highest BCUT2D eigenvalue weighted by atomic mass is 32.2. The molecular formula is C39H37FN4O6S. The summed E-state index contributed by atoms with van der Waals surface area (Å²) in [7, 11) is 0. The van der Waals surface area contributed by atoms with E-state index in [0.29, 0.717) is 42.1 Å². The van der Waals surface area contributed by atoms with Crippen molar-refractivity contribution < 1.29 is 32.7 Å². The van der Waals surface area contributed by atoms with Crippen molar-refractivity contribution in [2.75, 3.05) is 5.75 Å². The van der Waals surface area contributed by atoms with E-state index in [2.05, 4.69) is 28.1 Å². The summed E-state index contributed by atoms with van der Waals surface area (Å²) in [5.74, 6) is -1.17. The number of carbonyl (C=O) groups is 2. The fraction of sp³-hybridized carbons (Fsp3) is 0.410. The minimum absolute atomic E-state index is 0.0273. The summed E-state index contributed by atoms with van der Waals surface area (Å²) >= 11 is 1.16. The molecule has 4 aromatic heterocycles. The number of thioether (sulfide) groups is 1. The SMILES string of the molecule is CC12Cc3cnn(-c4ccc(F)cc4)c3C=C1CCC1C2[C@@H](O)CC2(C)C1CCC2(OC(=O)c1ccco1)C(=O)CSc1nc2ncccc2o1. The number of ketones is 1. The number of hydrogen-bond acceptors (Lipinski definition) is 10. The highest BCUT2D eigenvalue weighted by Crippen LogP contribution is 2.68. The molecule has 9 rings (SSSR count). The number of ether oxygens (including phenoxy) is 1. The van der Waals surface area contributed by atoms with Crippen LogP contribution < -0.4 is 0 Å². The topological polar surface area (TPSA) is 133 Å². The number of Topliss-reactive ketones (excluding diaryl/α,β-unsaturated/α-hetero) is 1. The Morgan fingerprint density at radius 2 is 1.98 bits per heavy atom. The average molecular weight is 709 g/mol. The Labute approximate surface area is 297 Å². The van der Waals surface area contributed by atoms with E-state index in [0.717, 1.165) is 41.5 Å². The number of esters is 1. The molecule has 0 spiro atoms. The number of allylic oxidation sites excluding steroid dienone is 1. The highest BCUT2D eigenvalue weighted by molar-refractivity contribution is 7.99. The molecule has 12 heteroatoms. The van der Waals surface area contributed by atoms with E-state index < -0.39 is 23.1 Å². The summed E-state index contributed by atoms with van der Waals surface area (Å²) in [6.45, 7) is 4.29. The second-order valence-corrected chi connectivity index (χ2v) is 15.9. The number of rotatable bonds is 7. The lowest BCUT2D eigenvalue weighted by Gasteiger charge is -2.60. The van der Waals surface area contributed by atoms with E-state index in [1.54, 1.807) is 36.5 Å². The maximum atomic E-state index is 14.6. The van der Waals surface area contributed by atoms with Crippen molar-refractivity contribution in [3.63, 3.8) is 0 Å². The number of halogens is 1. The second kappa shape index (κ2) is 11.7. The lowest BCUT2D eigenvalue weighted by molar-refractivity contribution is -0.179.